The number of rotatable bonds is 3. The summed E-state index contributed by atoms with van der Waals surface area (Å²) in [5, 5.41) is 0. The van der Waals surface area contributed by atoms with Crippen molar-refractivity contribution in [3.8, 4) is 11.4 Å². The van der Waals surface area contributed by atoms with E-state index in [-0.39, 0.29) is 5.82 Å². The van der Waals surface area contributed by atoms with Crippen LogP contribution in [0.4, 0.5) is 4.39 Å². The van der Waals surface area contributed by atoms with Crippen molar-refractivity contribution in [1.29, 1.82) is 0 Å². The smallest absolute Gasteiger partial charge is 0.159 e. The maximum absolute atomic E-state index is 13.4. The van der Waals surface area contributed by atoms with Crippen LogP contribution in [0.15, 0.2) is 24.4 Å². The third kappa shape index (κ3) is 2.67. The van der Waals surface area contributed by atoms with Crippen LogP contribution < -0.4 is 0 Å². The van der Waals surface area contributed by atoms with Gasteiger partial charge in [0, 0.05) is 23.0 Å². The summed E-state index contributed by atoms with van der Waals surface area (Å²) in [6, 6.07) is 4.80. The van der Waals surface area contributed by atoms with E-state index >= 15 is 0 Å². The predicted octanol–water partition coefficient (Wildman–Crippen LogP) is 3.89. The highest BCUT2D eigenvalue weighted by Crippen LogP contribution is 2.20. The zero-order valence-electron chi connectivity index (χ0n) is 10.4. The van der Waals surface area contributed by atoms with Crippen LogP contribution in [-0.2, 0) is 12.3 Å². The maximum atomic E-state index is 13.4. The minimum Gasteiger partial charge on any atom is -0.236 e. The summed E-state index contributed by atoms with van der Waals surface area (Å²) in [4.78, 5) is 8.70. The zero-order chi connectivity index (χ0) is 13.1. The molecule has 4 heteroatoms. The number of nitrogens with zero attached hydrogens (tertiary/aromatic N) is 2. The summed E-state index contributed by atoms with van der Waals surface area (Å²) in [5.74, 6) is 0.669. The Morgan fingerprint density at radius 3 is 2.67 bits per heavy atom. The molecule has 0 N–H and O–H groups in total. The van der Waals surface area contributed by atoms with Crippen LogP contribution in [0.5, 0.6) is 0 Å². The highest BCUT2D eigenvalue weighted by molar-refractivity contribution is 6.17. The number of aromatic nitrogens is 2. The van der Waals surface area contributed by atoms with Crippen molar-refractivity contribution in [1.82, 2.24) is 9.97 Å². The van der Waals surface area contributed by atoms with Gasteiger partial charge in [0.1, 0.15) is 5.82 Å². The topological polar surface area (TPSA) is 25.8 Å². The van der Waals surface area contributed by atoms with Gasteiger partial charge >= 0.3 is 0 Å². The first-order valence-corrected chi connectivity index (χ1v) is 6.35. The van der Waals surface area contributed by atoms with Gasteiger partial charge in [0.05, 0.1) is 5.88 Å². The maximum Gasteiger partial charge on any atom is 0.159 e. The molecule has 0 amide bonds. The highest BCUT2D eigenvalue weighted by atomic mass is 35.5. The number of hydrogen-bond donors (Lipinski definition) is 0. The SMILES string of the molecule is CCc1nc(-c2cc(C)cc(F)c2)ncc1CCl. The lowest BCUT2D eigenvalue weighted by molar-refractivity contribution is 0.627. The summed E-state index contributed by atoms with van der Waals surface area (Å²) >= 11 is 5.82. The van der Waals surface area contributed by atoms with Crippen molar-refractivity contribution >= 4 is 11.6 Å². The van der Waals surface area contributed by atoms with Gasteiger partial charge in [-0.1, -0.05) is 6.92 Å². The van der Waals surface area contributed by atoms with Crippen LogP contribution >= 0.6 is 11.6 Å². The second-order valence-corrected chi connectivity index (χ2v) is 4.44. The van der Waals surface area contributed by atoms with E-state index in [1.807, 2.05) is 19.9 Å². The van der Waals surface area contributed by atoms with Crippen molar-refractivity contribution in [2.24, 2.45) is 0 Å². The summed E-state index contributed by atoms with van der Waals surface area (Å²) in [7, 11) is 0. The van der Waals surface area contributed by atoms with E-state index < -0.39 is 0 Å². The second kappa shape index (κ2) is 5.44. The van der Waals surface area contributed by atoms with Crippen molar-refractivity contribution in [3.05, 3.63) is 47.0 Å². The molecule has 94 valence electrons. The lowest BCUT2D eigenvalue weighted by Crippen LogP contribution is -2.00. The molecule has 0 unspecified atom stereocenters. The molecule has 0 saturated heterocycles. The fourth-order valence-corrected chi connectivity index (χ4v) is 2.09. The fraction of sp³-hybridized carbons (Fsp3) is 0.286. The fourth-order valence-electron chi connectivity index (χ4n) is 1.86. The molecule has 0 aliphatic heterocycles. The quantitative estimate of drug-likeness (QED) is 0.786. The van der Waals surface area contributed by atoms with Gasteiger partial charge in [-0.05, 0) is 37.1 Å². The molecule has 2 aromatic rings. The van der Waals surface area contributed by atoms with Gasteiger partial charge in [-0.15, -0.1) is 11.6 Å². The molecular formula is C14H14ClFN2. The molecule has 1 aromatic carbocycles. The van der Waals surface area contributed by atoms with E-state index in [4.69, 9.17) is 11.6 Å². The van der Waals surface area contributed by atoms with Crippen LogP contribution in [0.2, 0.25) is 0 Å². The van der Waals surface area contributed by atoms with E-state index in [0.717, 1.165) is 23.2 Å². The van der Waals surface area contributed by atoms with E-state index in [2.05, 4.69) is 9.97 Å². The van der Waals surface area contributed by atoms with E-state index in [1.165, 1.54) is 12.1 Å². The van der Waals surface area contributed by atoms with E-state index in [0.29, 0.717) is 17.3 Å². The van der Waals surface area contributed by atoms with Gasteiger partial charge < -0.3 is 0 Å². The van der Waals surface area contributed by atoms with Gasteiger partial charge in [0.2, 0.25) is 0 Å². The third-order valence-electron chi connectivity index (χ3n) is 2.73. The molecule has 1 heterocycles. The number of hydrogen-bond acceptors (Lipinski definition) is 2. The average molecular weight is 265 g/mol. The number of halogens is 2. The Labute approximate surface area is 111 Å². The Balaban J connectivity index is 2.50. The standard InChI is InChI=1S/C14H14ClFN2/c1-3-13-11(7-15)8-17-14(18-13)10-4-9(2)5-12(16)6-10/h4-6,8H,3,7H2,1-2H3. The van der Waals surface area contributed by atoms with Crippen molar-refractivity contribution in [2.75, 3.05) is 0 Å². The predicted molar refractivity (Wildman–Crippen MR) is 71.1 cm³/mol. The monoisotopic (exact) mass is 264 g/mol. The first-order chi connectivity index (χ1) is 8.63. The normalized spacial score (nSPS) is 10.7. The Morgan fingerprint density at radius 2 is 2.06 bits per heavy atom. The van der Waals surface area contributed by atoms with Gasteiger partial charge in [-0.3, -0.25) is 0 Å². The summed E-state index contributed by atoms with van der Waals surface area (Å²) < 4.78 is 13.4. The summed E-state index contributed by atoms with van der Waals surface area (Å²) in [6.45, 7) is 3.86. The Morgan fingerprint density at radius 1 is 1.28 bits per heavy atom. The lowest BCUT2D eigenvalue weighted by Gasteiger charge is -2.07. The molecule has 0 bridgehead atoms. The first kappa shape index (κ1) is 13.0. The molecule has 0 fully saturated rings. The molecule has 2 rings (SSSR count). The molecule has 0 spiro atoms. The molecule has 0 aliphatic carbocycles. The first-order valence-electron chi connectivity index (χ1n) is 5.82. The number of aryl methyl sites for hydroxylation is 2. The third-order valence-corrected chi connectivity index (χ3v) is 3.02. The lowest BCUT2D eigenvalue weighted by atomic mass is 10.1. The minimum atomic E-state index is -0.270. The Bertz CT molecular complexity index is 549. The Hall–Kier alpha value is -1.48. The highest BCUT2D eigenvalue weighted by Gasteiger charge is 2.08. The van der Waals surface area contributed by atoms with Crippen LogP contribution in [0.3, 0.4) is 0 Å². The van der Waals surface area contributed by atoms with Crippen molar-refractivity contribution < 1.29 is 4.39 Å². The minimum absolute atomic E-state index is 0.270. The molecule has 2 nitrogen and oxygen atoms in total. The molecule has 18 heavy (non-hydrogen) atoms. The average Bonchev–Trinajstić information content (AvgIpc) is 2.36. The second-order valence-electron chi connectivity index (χ2n) is 4.17. The Kier molecular flexibility index (Phi) is 3.92. The number of alkyl halides is 1. The van der Waals surface area contributed by atoms with Crippen LogP contribution in [-0.4, -0.2) is 9.97 Å². The van der Waals surface area contributed by atoms with Crippen LogP contribution in [0, 0.1) is 12.7 Å². The van der Waals surface area contributed by atoms with Crippen LogP contribution in [0.1, 0.15) is 23.7 Å². The molecule has 0 saturated carbocycles. The molecular weight excluding hydrogens is 251 g/mol. The van der Waals surface area contributed by atoms with Gasteiger partial charge in [0.25, 0.3) is 0 Å². The summed E-state index contributed by atoms with van der Waals surface area (Å²) in [5.41, 5.74) is 3.39. The molecule has 0 radical (unpaired) electrons. The van der Waals surface area contributed by atoms with Gasteiger partial charge in [-0.2, -0.15) is 0 Å². The van der Waals surface area contributed by atoms with Crippen molar-refractivity contribution in [2.45, 2.75) is 26.1 Å². The van der Waals surface area contributed by atoms with E-state index in [9.17, 15) is 4.39 Å². The number of benzene rings is 1. The van der Waals surface area contributed by atoms with Gasteiger partial charge in [0.15, 0.2) is 5.82 Å². The van der Waals surface area contributed by atoms with Gasteiger partial charge in [-0.25, -0.2) is 14.4 Å². The largest absolute Gasteiger partial charge is 0.236 e. The van der Waals surface area contributed by atoms with Crippen LogP contribution in [0.25, 0.3) is 11.4 Å². The van der Waals surface area contributed by atoms with Crippen molar-refractivity contribution in [3.63, 3.8) is 0 Å². The zero-order valence-corrected chi connectivity index (χ0v) is 11.1. The molecule has 0 aliphatic rings. The summed E-state index contributed by atoms with van der Waals surface area (Å²) in [6.07, 6.45) is 2.50. The molecule has 1 aromatic heterocycles. The molecule has 0 atom stereocenters. The van der Waals surface area contributed by atoms with E-state index in [1.54, 1.807) is 6.20 Å².